The number of hydrogen-bond acceptors (Lipinski definition) is 4. The lowest BCUT2D eigenvalue weighted by Crippen LogP contribution is -2.47. The van der Waals surface area contributed by atoms with Gasteiger partial charge in [0.25, 0.3) is 0 Å². The van der Waals surface area contributed by atoms with Crippen LogP contribution in [-0.2, 0) is 9.59 Å². The van der Waals surface area contributed by atoms with Gasteiger partial charge in [-0.15, -0.1) is 24.8 Å². The Morgan fingerprint density at radius 3 is 2.24 bits per heavy atom. The van der Waals surface area contributed by atoms with Crippen LogP contribution in [0, 0.1) is 18.8 Å². The number of nitrogens with zero attached hydrogens (tertiary/aromatic N) is 1. The van der Waals surface area contributed by atoms with Gasteiger partial charge >= 0.3 is 0 Å². The van der Waals surface area contributed by atoms with E-state index in [1.165, 1.54) is 0 Å². The first kappa shape index (κ1) is 25.9. The molecule has 1 unspecified atom stereocenters. The normalized spacial score (nSPS) is 12.6. The van der Waals surface area contributed by atoms with Gasteiger partial charge in [-0.2, -0.15) is 0 Å². The summed E-state index contributed by atoms with van der Waals surface area (Å²) >= 11 is 0. The Kier molecular flexibility index (Phi) is 12.5. The van der Waals surface area contributed by atoms with Crippen molar-refractivity contribution in [3.05, 3.63) is 29.6 Å². The molecule has 0 radical (unpaired) electrons. The van der Waals surface area contributed by atoms with Crippen LogP contribution in [0.1, 0.15) is 45.0 Å². The summed E-state index contributed by atoms with van der Waals surface area (Å²) in [5, 5.41) is 5.52. The summed E-state index contributed by atoms with van der Waals surface area (Å²) in [6, 6.07) is 3.03. The molecule has 1 aromatic rings. The van der Waals surface area contributed by atoms with Crippen LogP contribution in [-0.4, -0.2) is 29.4 Å². The van der Waals surface area contributed by atoms with Gasteiger partial charge in [0, 0.05) is 6.20 Å². The molecule has 1 rings (SSSR count). The van der Waals surface area contributed by atoms with Crippen molar-refractivity contribution < 1.29 is 9.59 Å². The van der Waals surface area contributed by atoms with Gasteiger partial charge in [-0.1, -0.05) is 33.8 Å². The van der Waals surface area contributed by atoms with Crippen molar-refractivity contribution in [3.63, 3.8) is 0 Å². The zero-order valence-electron chi connectivity index (χ0n) is 15.4. The van der Waals surface area contributed by atoms with Gasteiger partial charge in [0.2, 0.25) is 11.8 Å². The van der Waals surface area contributed by atoms with E-state index >= 15 is 0 Å². The van der Waals surface area contributed by atoms with Gasteiger partial charge in [0.05, 0.1) is 24.3 Å². The standard InChI is InChI=1S/C17H28N4O2.2ClH/c1-10(2)14(18)17(23)20-9-13(22)21-15(11(3)4)16-12(5)7-6-8-19-16;;/h6-8,10-11,14-15H,9,18H2,1-5H3,(H,20,23)(H,21,22);2*1H/t14-,15?;;/m0../s1. The summed E-state index contributed by atoms with van der Waals surface area (Å²) in [7, 11) is 0. The number of nitrogens with two attached hydrogens (primary N) is 1. The lowest BCUT2D eigenvalue weighted by Gasteiger charge is -2.24. The number of aryl methyl sites for hydroxylation is 1. The fourth-order valence-corrected chi connectivity index (χ4v) is 2.19. The largest absolute Gasteiger partial charge is 0.346 e. The molecule has 25 heavy (non-hydrogen) atoms. The highest BCUT2D eigenvalue weighted by atomic mass is 35.5. The molecule has 0 aliphatic heterocycles. The minimum absolute atomic E-state index is 0. The topological polar surface area (TPSA) is 97.1 Å². The first-order chi connectivity index (χ1) is 10.7. The summed E-state index contributed by atoms with van der Waals surface area (Å²) < 4.78 is 0. The maximum atomic E-state index is 12.1. The van der Waals surface area contributed by atoms with E-state index in [4.69, 9.17) is 5.73 Å². The van der Waals surface area contributed by atoms with Crippen LogP contribution in [0.4, 0.5) is 0 Å². The van der Waals surface area contributed by atoms with E-state index in [9.17, 15) is 9.59 Å². The number of halogens is 2. The van der Waals surface area contributed by atoms with E-state index < -0.39 is 6.04 Å². The van der Waals surface area contributed by atoms with Crippen LogP contribution in [0.25, 0.3) is 0 Å². The van der Waals surface area contributed by atoms with E-state index in [2.05, 4.69) is 15.6 Å². The van der Waals surface area contributed by atoms with Crippen LogP contribution >= 0.6 is 24.8 Å². The lowest BCUT2D eigenvalue weighted by atomic mass is 9.97. The fraction of sp³-hybridized carbons (Fsp3) is 0.588. The minimum atomic E-state index is -0.610. The molecule has 1 heterocycles. The number of amides is 2. The van der Waals surface area contributed by atoms with Gasteiger partial charge in [-0.3, -0.25) is 14.6 Å². The first-order valence-electron chi connectivity index (χ1n) is 7.98. The second-order valence-corrected chi connectivity index (χ2v) is 6.48. The SMILES string of the molecule is Cc1cccnc1C(NC(=O)CNC(=O)[C@@H](N)C(C)C)C(C)C.Cl.Cl. The predicted octanol–water partition coefficient (Wildman–Crippen LogP) is 2.15. The van der Waals surface area contributed by atoms with Crippen molar-refractivity contribution in [1.29, 1.82) is 0 Å². The minimum Gasteiger partial charge on any atom is -0.346 e. The summed E-state index contributed by atoms with van der Waals surface area (Å²) in [6.45, 7) is 9.65. The molecule has 0 fully saturated rings. The fourth-order valence-electron chi connectivity index (χ4n) is 2.19. The highest BCUT2D eigenvalue weighted by Gasteiger charge is 2.22. The quantitative estimate of drug-likeness (QED) is 0.661. The maximum absolute atomic E-state index is 12.1. The molecule has 2 atom stereocenters. The molecular formula is C17H30Cl2N4O2. The number of carbonyl (C=O) groups excluding carboxylic acids is 2. The van der Waals surface area contributed by atoms with Gasteiger partial charge < -0.3 is 16.4 Å². The van der Waals surface area contributed by atoms with Crippen molar-refractivity contribution in [1.82, 2.24) is 15.6 Å². The van der Waals surface area contributed by atoms with Gasteiger partial charge in [0.15, 0.2) is 0 Å². The highest BCUT2D eigenvalue weighted by Crippen LogP contribution is 2.22. The van der Waals surface area contributed by atoms with Crippen LogP contribution in [0.3, 0.4) is 0 Å². The Morgan fingerprint density at radius 2 is 1.76 bits per heavy atom. The van der Waals surface area contributed by atoms with Crippen molar-refractivity contribution in [3.8, 4) is 0 Å². The molecule has 4 N–H and O–H groups in total. The zero-order chi connectivity index (χ0) is 17.6. The molecule has 0 aromatic carbocycles. The molecule has 0 saturated heterocycles. The second-order valence-electron chi connectivity index (χ2n) is 6.48. The Balaban J connectivity index is 0. The average Bonchev–Trinajstić information content (AvgIpc) is 2.50. The maximum Gasteiger partial charge on any atom is 0.239 e. The first-order valence-corrected chi connectivity index (χ1v) is 7.98. The Hall–Kier alpha value is -1.37. The Morgan fingerprint density at radius 1 is 1.16 bits per heavy atom. The van der Waals surface area contributed by atoms with Crippen molar-refractivity contribution in [2.24, 2.45) is 17.6 Å². The van der Waals surface area contributed by atoms with Crippen molar-refractivity contribution in [2.45, 2.75) is 46.7 Å². The van der Waals surface area contributed by atoms with Crippen LogP contribution in [0.5, 0.6) is 0 Å². The van der Waals surface area contributed by atoms with Crippen LogP contribution in [0.15, 0.2) is 18.3 Å². The van der Waals surface area contributed by atoms with E-state index in [0.29, 0.717) is 0 Å². The number of hydrogen-bond donors (Lipinski definition) is 3. The molecule has 1 aromatic heterocycles. The number of nitrogens with one attached hydrogen (secondary N) is 2. The predicted molar refractivity (Wildman–Crippen MR) is 105 cm³/mol. The zero-order valence-corrected chi connectivity index (χ0v) is 17.0. The third-order valence-corrected chi connectivity index (χ3v) is 3.77. The molecular weight excluding hydrogens is 363 g/mol. The molecule has 0 bridgehead atoms. The molecule has 6 nitrogen and oxygen atoms in total. The molecule has 8 heteroatoms. The summed E-state index contributed by atoms with van der Waals surface area (Å²) in [5.74, 6) is -0.359. The summed E-state index contributed by atoms with van der Waals surface area (Å²) in [6.07, 6.45) is 1.72. The van der Waals surface area contributed by atoms with Gasteiger partial charge in [0.1, 0.15) is 0 Å². The third-order valence-electron chi connectivity index (χ3n) is 3.77. The highest BCUT2D eigenvalue weighted by molar-refractivity contribution is 5.87. The lowest BCUT2D eigenvalue weighted by molar-refractivity contribution is -0.127. The van der Waals surface area contributed by atoms with Crippen molar-refractivity contribution in [2.75, 3.05) is 6.54 Å². The monoisotopic (exact) mass is 392 g/mol. The van der Waals surface area contributed by atoms with Crippen LogP contribution < -0.4 is 16.4 Å². The number of rotatable bonds is 7. The van der Waals surface area contributed by atoms with Gasteiger partial charge in [-0.05, 0) is 30.4 Å². The number of pyridine rings is 1. The van der Waals surface area contributed by atoms with Crippen molar-refractivity contribution >= 4 is 36.6 Å². The number of aromatic nitrogens is 1. The molecule has 2 amide bonds. The van der Waals surface area contributed by atoms with E-state index in [-0.39, 0.29) is 61.1 Å². The van der Waals surface area contributed by atoms with Crippen LogP contribution in [0.2, 0.25) is 0 Å². The second kappa shape index (κ2) is 12.1. The van der Waals surface area contributed by atoms with E-state index in [1.807, 2.05) is 46.8 Å². The Bertz CT molecular complexity index is 553. The van der Waals surface area contributed by atoms with E-state index in [1.54, 1.807) is 6.20 Å². The van der Waals surface area contributed by atoms with E-state index in [0.717, 1.165) is 11.3 Å². The molecule has 0 aliphatic rings. The number of carbonyl (C=O) groups is 2. The summed E-state index contributed by atoms with van der Waals surface area (Å²) in [5.41, 5.74) is 7.63. The molecule has 0 saturated carbocycles. The molecule has 0 aliphatic carbocycles. The molecule has 0 spiro atoms. The summed E-state index contributed by atoms with van der Waals surface area (Å²) in [4.78, 5) is 28.3. The smallest absolute Gasteiger partial charge is 0.239 e. The van der Waals surface area contributed by atoms with Gasteiger partial charge in [-0.25, -0.2) is 0 Å². The molecule has 144 valence electrons. The average molecular weight is 393 g/mol. The third kappa shape index (κ3) is 8.03. The Labute approximate surface area is 162 Å².